The van der Waals surface area contributed by atoms with Gasteiger partial charge in [-0.3, -0.25) is 4.99 Å². The second-order valence-corrected chi connectivity index (χ2v) is 12.1. The van der Waals surface area contributed by atoms with Gasteiger partial charge in [-0.05, 0) is 57.6 Å². The van der Waals surface area contributed by atoms with E-state index in [0.29, 0.717) is 5.84 Å². The third kappa shape index (κ3) is 4.46. The fraction of sp³-hybridized carbons (Fsp3) is 0.150. The van der Waals surface area contributed by atoms with Crippen LogP contribution in [0.4, 0.5) is 0 Å². The van der Waals surface area contributed by atoms with Gasteiger partial charge in [0, 0.05) is 28.3 Å². The summed E-state index contributed by atoms with van der Waals surface area (Å²) in [5, 5.41) is 7.59. The minimum atomic E-state index is -0.386. The van der Waals surface area contributed by atoms with E-state index >= 15 is 0 Å². The summed E-state index contributed by atoms with van der Waals surface area (Å²) in [6.45, 7) is 4.54. The minimum Gasteiger partial charge on any atom is -0.457 e. The number of amidine groups is 2. The molecule has 44 heavy (non-hydrogen) atoms. The Morgan fingerprint density at radius 1 is 0.750 bits per heavy atom. The molecule has 2 unspecified atom stereocenters. The fourth-order valence-electron chi connectivity index (χ4n) is 6.67. The Kier molecular flexibility index (Phi) is 6.30. The fourth-order valence-corrected chi connectivity index (χ4v) is 6.67. The van der Waals surface area contributed by atoms with Crippen LogP contribution in [0, 0.1) is 5.92 Å². The predicted molar refractivity (Wildman–Crippen MR) is 181 cm³/mol. The third-order valence-corrected chi connectivity index (χ3v) is 9.05. The molecule has 0 N–H and O–H groups in total. The molecule has 0 aromatic heterocycles. The van der Waals surface area contributed by atoms with Gasteiger partial charge in [0.05, 0.1) is 6.17 Å². The molecule has 5 aromatic carbocycles. The summed E-state index contributed by atoms with van der Waals surface area (Å²) in [6, 6.07) is 38.2. The SMILES string of the molecule is CC1(C)c2ccccc2Oc2ccc(-c3ccccc3C3=NC(C4C=CC=CC4)=NC(c4cccc5ccccc45)[N-]3)cc21. The van der Waals surface area contributed by atoms with Gasteiger partial charge in [0.25, 0.3) is 0 Å². The van der Waals surface area contributed by atoms with E-state index in [1.165, 1.54) is 16.5 Å². The van der Waals surface area contributed by atoms with Crippen LogP contribution in [0.15, 0.2) is 143 Å². The Balaban J connectivity index is 1.24. The van der Waals surface area contributed by atoms with Gasteiger partial charge in [-0.15, -0.1) is 0 Å². The Morgan fingerprint density at radius 3 is 2.41 bits per heavy atom. The van der Waals surface area contributed by atoms with Crippen LogP contribution in [0.2, 0.25) is 0 Å². The maximum absolute atomic E-state index is 6.36. The molecular formula is C40H32N3O-. The number of aliphatic imine (C=N–C) groups is 2. The molecule has 8 rings (SSSR count). The van der Waals surface area contributed by atoms with Crippen molar-refractivity contribution in [1.29, 1.82) is 0 Å². The van der Waals surface area contributed by atoms with E-state index < -0.39 is 0 Å². The summed E-state index contributed by atoms with van der Waals surface area (Å²) in [5.41, 5.74) is 6.44. The molecule has 0 fully saturated rings. The molecule has 0 saturated carbocycles. The average Bonchev–Trinajstić information content (AvgIpc) is 3.08. The summed E-state index contributed by atoms with van der Waals surface area (Å²) in [5.74, 6) is 3.46. The molecule has 5 aromatic rings. The van der Waals surface area contributed by atoms with Crippen molar-refractivity contribution in [2.75, 3.05) is 0 Å². The second-order valence-electron chi connectivity index (χ2n) is 12.1. The van der Waals surface area contributed by atoms with Crippen molar-refractivity contribution >= 4 is 22.4 Å². The summed E-state index contributed by atoms with van der Waals surface area (Å²) < 4.78 is 6.36. The zero-order valence-corrected chi connectivity index (χ0v) is 24.8. The number of fused-ring (bicyclic) bond motifs is 3. The first kappa shape index (κ1) is 26.4. The molecule has 0 amide bonds. The van der Waals surface area contributed by atoms with Gasteiger partial charge in [0.2, 0.25) is 0 Å². The van der Waals surface area contributed by atoms with Gasteiger partial charge < -0.3 is 15.0 Å². The lowest BCUT2D eigenvalue weighted by Crippen LogP contribution is -2.24. The highest BCUT2D eigenvalue weighted by molar-refractivity contribution is 6.18. The van der Waals surface area contributed by atoms with E-state index in [-0.39, 0.29) is 17.5 Å². The monoisotopic (exact) mass is 570 g/mol. The van der Waals surface area contributed by atoms with E-state index in [1.54, 1.807) is 0 Å². The zero-order chi connectivity index (χ0) is 29.7. The van der Waals surface area contributed by atoms with E-state index in [0.717, 1.165) is 51.4 Å². The van der Waals surface area contributed by atoms with Crippen molar-refractivity contribution in [2.45, 2.75) is 31.8 Å². The van der Waals surface area contributed by atoms with Crippen LogP contribution in [0.1, 0.15) is 48.7 Å². The van der Waals surface area contributed by atoms with Gasteiger partial charge in [-0.25, -0.2) is 0 Å². The molecule has 4 heteroatoms. The standard InChI is InChI=1S/C40H32N3O/c1-40(2)33-21-10-11-22-35(33)44-36-24-23-28(25-34(36)40)30-18-8-9-19-31(30)38-41-37(27-14-4-3-5-15-27)42-39(43-38)32-20-12-16-26-13-6-7-17-29(26)32/h3-14,16-25,27,39H,15H2,1-2H3/q-1. The van der Waals surface area contributed by atoms with Gasteiger partial charge in [0.15, 0.2) is 0 Å². The highest BCUT2D eigenvalue weighted by atomic mass is 16.5. The summed E-state index contributed by atoms with van der Waals surface area (Å²) in [7, 11) is 0. The molecule has 2 heterocycles. The quantitative estimate of drug-likeness (QED) is 0.212. The lowest BCUT2D eigenvalue weighted by atomic mass is 9.75. The van der Waals surface area contributed by atoms with Crippen LogP contribution in [0.25, 0.3) is 27.2 Å². The normalized spacial score (nSPS) is 19.7. The smallest absolute Gasteiger partial charge is 0.131 e. The highest BCUT2D eigenvalue weighted by Gasteiger charge is 2.34. The molecule has 2 aliphatic heterocycles. The molecule has 1 aliphatic carbocycles. The van der Waals surface area contributed by atoms with Crippen molar-refractivity contribution in [3.8, 4) is 22.6 Å². The van der Waals surface area contributed by atoms with Crippen molar-refractivity contribution in [1.82, 2.24) is 0 Å². The summed E-state index contributed by atoms with van der Waals surface area (Å²) in [6.07, 6.45) is 9.05. The van der Waals surface area contributed by atoms with Crippen LogP contribution in [-0.4, -0.2) is 11.7 Å². The Labute approximate surface area is 258 Å². The highest BCUT2D eigenvalue weighted by Crippen LogP contribution is 2.49. The number of allylic oxidation sites excluding steroid dienone is 3. The molecule has 3 aliphatic rings. The minimum absolute atomic E-state index is 0.108. The third-order valence-electron chi connectivity index (χ3n) is 9.05. The molecule has 0 bridgehead atoms. The number of para-hydroxylation sites is 1. The molecule has 0 radical (unpaired) electrons. The van der Waals surface area contributed by atoms with Gasteiger partial charge in [0.1, 0.15) is 11.5 Å². The number of nitrogens with zero attached hydrogens (tertiary/aromatic N) is 3. The largest absolute Gasteiger partial charge is 0.457 e. The van der Waals surface area contributed by atoms with E-state index in [2.05, 4.69) is 141 Å². The lowest BCUT2D eigenvalue weighted by molar-refractivity contribution is 0.418. The van der Waals surface area contributed by atoms with E-state index in [4.69, 9.17) is 20.0 Å². The summed E-state index contributed by atoms with van der Waals surface area (Å²) in [4.78, 5) is 10.3. The molecule has 214 valence electrons. The van der Waals surface area contributed by atoms with Crippen LogP contribution in [-0.2, 0) is 5.41 Å². The maximum Gasteiger partial charge on any atom is 0.131 e. The van der Waals surface area contributed by atoms with Crippen molar-refractivity contribution in [2.24, 2.45) is 15.9 Å². The Bertz CT molecular complexity index is 2040. The maximum atomic E-state index is 6.36. The number of hydrogen-bond donors (Lipinski definition) is 0. The van der Waals surface area contributed by atoms with E-state index in [9.17, 15) is 0 Å². The average molecular weight is 571 g/mol. The van der Waals surface area contributed by atoms with Crippen LogP contribution >= 0.6 is 0 Å². The van der Waals surface area contributed by atoms with Crippen molar-refractivity contribution in [3.63, 3.8) is 0 Å². The van der Waals surface area contributed by atoms with Gasteiger partial charge in [-0.2, -0.15) is 0 Å². The number of benzene rings is 5. The van der Waals surface area contributed by atoms with Crippen LogP contribution < -0.4 is 4.74 Å². The lowest BCUT2D eigenvalue weighted by Gasteiger charge is -2.36. The number of hydrogen-bond acceptors (Lipinski definition) is 3. The second kappa shape index (κ2) is 10.5. The topological polar surface area (TPSA) is 48.1 Å². The molecule has 0 spiro atoms. The zero-order valence-electron chi connectivity index (χ0n) is 24.8. The Morgan fingerprint density at radius 2 is 1.52 bits per heavy atom. The molecule has 2 atom stereocenters. The first-order valence-electron chi connectivity index (χ1n) is 15.3. The van der Waals surface area contributed by atoms with Crippen LogP contribution in [0.5, 0.6) is 11.5 Å². The summed E-state index contributed by atoms with van der Waals surface area (Å²) >= 11 is 0. The number of rotatable bonds is 4. The van der Waals surface area contributed by atoms with Gasteiger partial charge >= 0.3 is 0 Å². The van der Waals surface area contributed by atoms with Crippen molar-refractivity contribution in [3.05, 3.63) is 161 Å². The molecule has 4 nitrogen and oxygen atoms in total. The first-order valence-corrected chi connectivity index (χ1v) is 15.3. The predicted octanol–water partition coefficient (Wildman–Crippen LogP) is 10.3. The van der Waals surface area contributed by atoms with Gasteiger partial charge in [-0.1, -0.05) is 135 Å². The molecule has 0 saturated heterocycles. The number of ether oxygens (including phenoxy) is 1. The van der Waals surface area contributed by atoms with E-state index in [1.807, 2.05) is 6.07 Å². The van der Waals surface area contributed by atoms with Crippen molar-refractivity contribution < 1.29 is 4.74 Å². The first-order chi connectivity index (χ1) is 21.6. The molecular weight excluding hydrogens is 538 g/mol. The Hall–Kier alpha value is -5.22. The van der Waals surface area contributed by atoms with Crippen LogP contribution in [0.3, 0.4) is 0 Å².